The summed E-state index contributed by atoms with van der Waals surface area (Å²) in [5.74, 6) is 0. The van der Waals surface area contributed by atoms with Crippen molar-refractivity contribution in [2.24, 2.45) is 5.73 Å². The molecular weight excluding hydrogens is 200 g/mol. The second-order valence-electron chi connectivity index (χ2n) is 4.30. The van der Waals surface area contributed by atoms with E-state index < -0.39 is 0 Å². The van der Waals surface area contributed by atoms with E-state index in [1.165, 1.54) is 0 Å². The van der Waals surface area contributed by atoms with Crippen molar-refractivity contribution in [3.05, 3.63) is 30.1 Å². The molecule has 0 aliphatic heterocycles. The molecule has 90 valence electrons. The van der Waals surface area contributed by atoms with Gasteiger partial charge in [0.1, 0.15) is 0 Å². The highest BCUT2D eigenvalue weighted by Crippen LogP contribution is 2.22. The molecule has 0 fully saturated rings. The van der Waals surface area contributed by atoms with Crippen molar-refractivity contribution >= 4 is 0 Å². The van der Waals surface area contributed by atoms with E-state index in [-0.39, 0.29) is 18.2 Å². The molecule has 0 spiro atoms. The Labute approximate surface area is 98.0 Å². The Morgan fingerprint density at radius 3 is 2.69 bits per heavy atom. The Kier molecular flexibility index (Phi) is 5.43. The molecule has 0 aliphatic rings. The van der Waals surface area contributed by atoms with Gasteiger partial charge in [0.05, 0.1) is 12.2 Å². The van der Waals surface area contributed by atoms with Crippen LogP contribution in [0.2, 0.25) is 0 Å². The van der Waals surface area contributed by atoms with Crippen molar-refractivity contribution in [3.8, 4) is 0 Å². The average molecular weight is 222 g/mol. The van der Waals surface area contributed by atoms with Crippen LogP contribution in [0.1, 0.15) is 45.3 Å². The zero-order valence-corrected chi connectivity index (χ0v) is 10.4. The van der Waals surface area contributed by atoms with Gasteiger partial charge < -0.3 is 10.5 Å². The first kappa shape index (κ1) is 13.1. The predicted octanol–water partition coefficient (Wildman–Crippen LogP) is 2.68. The molecule has 1 aromatic rings. The van der Waals surface area contributed by atoms with E-state index >= 15 is 0 Å². The molecule has 16 heavy (non-hydrogen) atoms. The first-order chi connectivity index (χ1) is 7.65. The summed E-state index contributed by atoms with van der Waals surface area (Å²) in [5, 5.41) is 0. The van der Waals surface area contributed by atoms with Gasteiger partial charge in [0.15, 0.2) is 0 Å². The Hall–Kier alpha value is -0.930. The highest BCUT2D eigenvalue weighted by atomic mass is 16.5. The summed E-state index contributed by atoms with van der Waals surface area (Å²) in [6.07, 6.45) is 5.95. The average Bonchev–Trinajstić information content (AvgIpc) is 2.27. The maximum Gasteiger partial charge on any atom is 0.0991 e. The topological polar surface area (TPSA) is 48.1 Å². The summed E-state index contributed by atoms with van der Waals surface area (Å²) in [5.41, 5.74) is 7.02. The van der Waals surface area contributed by atoms with Crippen LogP contribution in [0.3, 0.4) is 0 Å². The summed E-state index contributed by atoms with van der Waals surface area (Å²) in [6.45, 7) is 6.22. The molecule has 3 heteroatoms. The second kappa shape index (κ2) is 6.61. The fourth-order valence-electron chi connectivity index (χ4n) is 1.78. The molecular formula is C13H22N2O. The van der Waals surface area contributed by atoms with Gasteiger partial charge in [0.25, 0.3) is 0 Å². The van der Waals surface area contributed by atoms with E-state index in [1.807, 2.05) is 25.3 Å². The Morgan fingerprint density at radius 1 is 1.44 bits per heavy atom. The molecule has 3 nitrogen and oxygen atoms in total. The molecule has 1 aromatic heterocycles. The molecule has 1 rings (SSSR count). The van der Waals surface area contributed by atoms with Crippen LogP contribution < -0.4 is 5.73 Å². The van der Waals surface area contributed by atoms with Gasteiger partial charge >= 0.3 is 0 Å². The molecule has 3 unspecified atom stereocenters. The van der Waals surface area contributed by atoms with E-state index in [4.69, 9.17) is 10.5 Å². The third-order valence-corrected chi connectivity index (χ3v) is 2.56. The largest absolute Gasteiger partial charge is 0.369 e. The van der Waals surface area contributed by atoms with Gasteiger partial charge in [-0.3, -0.25) is 4.98 Å². The number of nitrogens with two attached hydrogens (primary N) is 1. The molecule has 0 saturated carbocycles. The fraction of sp³-hybridized carbons (Fsp3) is 0.615. The van der Waals surface area contributed by atoms with Gasteiger partial charge in [-0.05, 0) is 26.3 Å². The van der Waals surface area contributed by atoms with Gasteiger partial charge in [0.2, 0.25) is 0 Å². The number of ether oxygens (including phenoxy) is 1. The maximum absolute atomic E-state index is 5.97. The number of pyridine rings is 1. The van der Waals surface area contributed by atoms with Crippen LogP contribution in [-0.2, 0) is 4.74 Å². The van der Waals surface area contributed by atoms with E-state index in [2.05, 4.69) is 18.8 Å². The number of hydrogen-bond donors (Lipinski definition) is 1. The Bertz CT molecular complexity index is 287. The summed E-state index contributed by atoms with van der Waals surface area (Å²) in [6, 6.07) is 3.90. The zero-order valence-electron chi connectivity index (χ0n) is 10.4. The first-order valence-corrected chi connectivity index (χ1v) is 5.96. The van der Waals surface area contributed by atoms with Gasteiger partial charge in [-0.1, -0.05) is 19.4 Å². The number of rotatable bonds is 6. The molecule has 0 bridgehead atoms. The van der Waals surface area contributed by atoms with Crippen molar-refractivity contribution in [2.75, 3.05) is 0 Å². The Morgan fingerprint density at radius 2 is 2.19 bits per heavy atom. The van der Waals surface area contributed by atoms with Crippen molar-refractivity contribution in [1.29, 1.82) is 0 Å². The van der Waals surface area contributed by atoms with E-state index in [9.17, 15) is 0 Å². The fourth-order valence-corrected chi connectivity index (χ4v) is 1.78. The SMILES string of the molecule is CCCC(C)OC(c1cccnc1)C(C)N. The smallest absolute Gasteiger partial charge is 0.0991 e. The molecule has 0 aliphatic carbocycles. The normalized spacial score (nSPS) is 16.8. The molecule has 0 amide bonds. The standard InChI is InChI=1S/C13H22N2O/c1-4-6-10(2)16-13(11(3)14)12-7-5-8-15-9-12/h5,7-11,13H,4,6,14H2,1-3H3. The summed E-state index contributed by atoms with van der Waals surface area (Å²) < 4.78 is 5.97. The first-order valence-electron chi connectivity index (χ1n) is 5.96. The number of hydrogen-bond acceptors (Lipinski definition) is 3. The van der Waals surface area contributed by atoms with E-state index in [0.717, 1.165) is 18.4 Å². The van der Waals surface area contributed by atoms with Crippen molar-refractivity contribution in [3.63, 3.8) is 0 Å². The summed E-state index contributed by atoms with van der Waals surface area (Å²) in [7, 11) is 0. The second-order valence-corrected chi connectivity index (χ2v) is 4.30. The van der Waals surface area contributed by atoms with Crippen molar-refractivity contribution < 1.29 is 4.74 Å². The maximum atomic E-state index is 5.97. The number of aromatic nitrogens is 1. The van der Waals surface area contributed by atoms with Crippen LogP contribution in [0.5, 0.6) is 0 Å². The van der Waals surface area contributed by atoms with E-state index in [1.54, 1.807) is 6.20 Å². The predicted molar refractivity (Wildman–Crippen MR) is 66.1 cm³/mol. The van der Waals surface area contributed by atoms with Crippen LogP contribution in [0, 0.1) is 0 Å². The van der Waals surface area contributed by atoms with Gasteiger partial charge in [0, 0.05) is 24.0 Å². The minimum absolute atomic E-state index is 0.0245. The lowest BCUT2D eigenvalue weighted by atomic mass is 10.1. The van der Waals surface area contributed by atoms with Gasteiger partial charge in [-0.2, -0.15) is 0 Å². The van der Waals surface area contributed by atoms with Crippen LogP contribution in [0.25, 0.3) is 0 Å². The van der Waals surface area contributed by atoms with Gasteiger partial charge in [-0.25, -0.2) is 0 Å². The molecule has 0 saturated heterocycles. The lowest BCUT2D eigenvalue weighted by Crippen LogP contribution is -2.29. The van der Waals surface area contributed by atoms with Crippen LogP contribution >= 0.6 is 0 Å². The Balaban J connectivity index is 2.69. The summed E-state index contributed by atoms with van der Waals surface area (Å²) in [4.78, 5) is 4.11. The minimum Gasteiger partial charge on any atom is -0.369 e. The lowest BCUT2D eigenvalue weighted by Gasteiger charge is -2.25. The quantitative estimate of drug-likeness (QED) is 0.805. The van der Waals surface area contributed by atoms with Crippen LogP contribution in [0.15, 0.2) is 24.5 Å². The number of nitrogens with zero attached hydrogens (tertiary/aromatic N) is 1. The molecule has 0 aromatic carbocycles. The third-order valence-electron chi connectivity index (χ3n) is 2.56. The minimum atomic E-state index is -0.0600. The molecule has 3 atom stereocenters. The highest BCUT2D eigenvalue weighted by Gasteiger charge is 2.19. The van der Waals surface area contributed by atoms with Gasteiger partial charge in [-0.15, -0.1) is 0 Å². The van der Waals surface area contributed by atoms with Crippen molar-refractivity contribution in [2.45, 2.75) is 51.9 Å². The lowest BCUT2D eigenvalue weighted by molar-refractivity contribution is -0.0188. The van der Waals surface area contributed by atoms with Crippen LogP contribution in [0.4, 0.5) is 0 Å². The molecule has 2 N–H and O–H groups in total. The zero-order chi connectivity index (χ0) is 12.0. The monoisotopic (exact) mass is 222 g/mol. The van der Waals surface area contributed by atoms with E-state index in [0.29, 0.717) is 0 Å². The molecule has 0 radical (unpaired) electrons. The van der Waals surface area contributed by atoms with Crippen LogP contribution in [-0.4, -0.2) is 17.1 Å². The third kappa shape index (κ3) is 3.91. The highest BCUT2D eigenvalue weighted by molar-refractivity contribution is 5.13. The summed E-state index contributed by atoms with van der Waals surface area (Å²) >= 11 is 0. The molecule has 1 heterocycles. The van der Waals surface area contributed by atoms with Crippen molar-refractivity contribution in [1.82, 2.24) is 4.98 Å².